The Morgan fingerprint density at radius 1 is 1.20 bits per heavy atom. The van der Waals surface area contributed by atoms with Crippen molar-refractivity contribution in [3.05, 3.63) is 0 Å². The average molecular weight is 231 g/mol. The standard InChI is InChI=1S/C11H19ClN2O/c12-8-11(15)14-7-4-10(9-14)13-5-2-1-3-6-13/h10H,1-9H2. The van der Waals surface area contributed by atoms with Crippen molar-refractivity contribution >= 4 is 17.5 Å². The zero-order valence-electron chi connectivity index (χ0n) is 9.12. The van der Waals surface area contributed by atoms with Gasteiger partial charge in [-0.1, -0.05) is 6.42 Å². The summed E-state index contributed by atoms with van der Waals surface area (Å²) in [6.45, 7) is 4.22. The van der Waals surface area contributed by atoms with Crippen molar-refractivity contribution < 1.29 is 4.79 Å². The van der Waals surface area contributed by atoms with Crippen LogP contribution in [0.4, 0.5) is 0 Å². The molecule has 4 heteroatoms. The molecule has 0 aromatic rings. The summed E-state index contributed by atoms with van der Waals surface area (Å²) in [7, 11) is 0. The molecule has 15 heavy (non-hydrogen) atoms. The van der Waals surface area contributed by atoms with Crippen molar-refractivity contribution in [2.45, 2.75) is 31.7 Å². The monoisotopic (exact) mass is 230 g/mol. The van der Waals surface area contributed by atoms with Crippen LogP contribution in [0.2, 0.25) is 0 Å². The Morgan fingerprint density at radius 2 is 1.93 bits per heavy atom. The van der Waals surface area contributed by atoms with E-state index in [4.69, 9.17) is 11.6 Å². The summed E-state index contributed by atoms with van der Waals surface area (Å²) >= 11 is 5.56. The molecule has 1 amide bonds. The smallest absolute Gasteiger partial charge is 0.237 e. The van der Waals surface area contributed by atoms with Gasteiger partial charge in [0.1, 0.15) is 5.88 Å². The molecular formula is C11H19ClN2O. The Labute approximate surface area is 96.4 Å². The van der Waals surface area contributed by atoms with Gasteiger partial charge in [0.25, 0.3) is 0 Å². The van der Waals surface area contributed by atoms with Crippen LogP contribution in [-0.2, 0) is 4.79 Å². The third-order valence-corrected chi connectivity index (χ3v) is 3.77. The number of alkyl halides is 1. The van der Waals surface area contributed by atoms with Crippen LogP contribution < -0.4 is 0 Å². The number of halogens is 1. The van der Waals surface area contributed by atoms with E-state index in [2.05, 4.69) is 4.90 Å². The molecule has 2 aliphatic rings. The van der Waals surface area contributed by atoms with Crippen molar-refractivity contribution in [3.63, 3.8) is 0 Å². The van der Waals surface area contributed by atoms with Crippen LogP contribution in [0.3, 0.4) is 0 Å². The average Bonchev–Trinajstić information content (AvgIpc) is 2.78. The van der Waals surface area contributed by atoms with E-state index in [0.29, 0.717) is 6.04 Å². The maximum atomic E-state index is 11.4. The zero-order chi connectivity index (χ0) is 10.7. The van der Waals surface area contributed by atoms with Gasteiger partial charge in [-0.25, -0.2) is 0 Å². The summed E-state index contributed by atoms with van der Waals surface area (Å²) in [5.74, 6) is 0.225. The first-order chi connectivity index (χ1) is 7.31. The Kier molecular flexibility index (Phi) is 3.87. The second-order valence-corrected chi connectivity index (χ2v) is 4.78. The van der Waals surface area contributed by atoms with E-state index in [-0.39, 0.29) is 11.8 Å². The fourth-order valence-electron chi connectivity index (χ4n) is 2.63. The van der Waals surface area contributed by atoms with Crippen LogP contribution in [0.1, 0.15) is 25.7 Å². The molecule has 0 saturated carbocycles. The van der Waals surface area contributed by atoms with Crippen LogP contribution in [0.5, 0.6) is 0 Å². The normalized spacial score (nSPS) is 28.3. The van der Waals surface area contributed by atoms with Gasteiger partial charge in [-0.2, -0.15) is 0 Å². The van der Waals surface area contributed by atoms with Gasteiger partial charge in [0.15, 0.2) is 0 Å². The molecule has 0 radical (unpaired) electrons. The number of piperidine rings is 1. The van der Waals surface area contributed by atoms with E-state index in [0.717, 1.165) is 19.5 Å². The zero-order valence-corrected chi connectivity index (χ0v) is 9.88. The van der Waals surface area contributed by atoms with E-state index >= 15 is 0 Å². The minimum atomic E-state index is 0.0937. The van der Waals surface area contributed by atoms with Crippen molar-refractivity contribution in [3.8, 4) is 0 Å². The number of hydrogen-bond donors (Lipinski definition) is 0. The van der Waals surface area contributed by atoms with Gasteiger partial charge in [0.2, 0.25) is 5.91 Å². The molecular weight excluding hydrogens is 212 g/mol. The highest BCUT2D eigenvalue weighted by atomic mass is 35.5. The number of amides is 1. The van der Waals surface area contributed by atoms with Gasteiger partial charge >= 0.3 is 0 Å². The van der Waals surface area contributed by atoms with Crippen molar-refractivity contribution in [1.82, 2.24) is 9.80 Å². The molecule has 3 nitrogen and oxygen atoms in total. The second-order valence-electron chi connectivity index (χ2n) is 4.51. The van der Waals surface area contributed by atoms with Gasteiger partial charge in [-0.05, 0) is 32.4 Å². The van der Waals surface area contributed by atoms with E-state index < -0.39 is 0 Å². The van der Waals surface area contributed by atoms with Crippen molar-refractivity contribution in [1.29, 1.82) is 0 Å². The summed E-state index contributed by atoms with van der Waals surface area (Å²) in [5, 5.41) is 0. The third-order valence-electron chi connectivity index (χ3n) is 3.54. The lowest BCUT2D eigenvalue weighted by atomic mass is 10.1. The molecule has 2 aliphatic heterocycles. The lowest BCUT2D eigenvalue weighted by molar-refractivity contribution is -0.127. The summed E-state index contributed by atoms with van der Waals surface area (Å²) in [5.41, 5.74) is 0. The Morgan fingerprint density at radius 3 is 2.60 bits per heavy atom. The van der Waals surface area contributed by atoms with Crippen LogP contribution in [0.25, 0.3) is 0 Å². The number of likely N-dealkylation sites (tertiary alicyclic amines) is 2. The molecule has 0 bridgehead atoms. The molecule has 1 atom stereocenters. The molecule has 1 unspecified atom stereocenters. The Hall–Kier alpha value is -0.280. The lowest BCUT2D eigenvalue weighted by Crippen LogP contribution is -2.41. The first-order valence-corrected chi connectivity index (χ1v) is 6.42. The van der Waals surface area contributed by atoms with Crippen LogP contribution >= 0.6 is 11.6 Å². The predicted molar refractivity (Wildman–Crippen MR) is 61.1 cm³/mol. The maximum Gasteiger partial charge on any atom is 0.237 e. The molecule has 0 aromatic heterocycles. The summed E-state index contributed by atoms with van der Waals surface area (Å²) < 4.78 is 0. The fourth-order valence-corrected chi connectivity index (χ4v) is 2.80. The third kappa shape index (κ3) is 2.64. The summed E-state index contributed by atoms with van der Waals surface area (Å²) in [6, 6.07) is 0.595. The van der Waals surface area contributed by atoms with E-state index in [1.54, 1.807) is 0 Å². The molecule has 2 saturated heterocycles. The van der Waals surface area contributed by atoms with Crippen LogP contribution in [0.15, 0.2) is 0 Å². The van der Waals surface area contributed by atoms with Crippen molar-refractivity contribution in [2.75, 3.05) is 32.1 Å². The number of carbonyl (C=O) groups is 1. The molecule has 0 aliphatic carbocycles. The number of carbonyl (C=O) groups excluding carboxylic acids is 1. The van der Waals surface area contributed by atoms with E-state index in [1.807, 2.05) is 4.90 Å². The highest BCUT2D eigenvalue weighted by molar-refractivity contribution is 6.27. The molecule has 86 valence electrons. The minimum absolute atomic E-state index is 0.0937. The molecule has 2 fully saturated rings. The first-order valence-electron chi connectivity index (χ1n) is 5.89. The molecule has 0 N–H and O–H groups in total. The number of nitrogens with zero attached hydrogens (tertiary/aromatic N) is 2. The Bertz CT molecular complexity index is 229. The van der Waals surface area contributed by atoms with Gasteiger partial charge in [0.05, 0.1) is 0 Å². The fraction of sp³-hybridized carbons (Fsp3) is 0.909. The topological polar surface area (TPSA) is 23.6 Å². The van der Waals surface area contributed by atoms with Gasteiger partial charge < -0.3 is 4.90 Å². The van der Waals surface area contributed by atoms with Gasteiger partial charge in [-0.3, -0.25) is 9.69 Å². The van der Waals surface area contributed by atoms with E-state index in [9.17, 15) is 4.79 Å². The van der Waals surface area contributed by atoms with Gasteiger partial charge in [-0.15, -0.1) is 11.6 Å². The highest BCUT2D eigenvalue weighted by Crippen LogP contribution is 2.20. The molecule has 2 rings (SSSR count). The van der Waals surface area contributed by atoms with E-state index in [1.165, 1.54) is 32.4 Å². The first kappa shape index (κ1) is 11.2. The number of rotatable bonds is 2. The van der Waals surface area contributed by atoms with Crippen LogP contribution in [-0.4, -0.2) is 53.8 Å². The molecule has 0 aromatic carbocycles. The lowest BCUT2D eigenvalue weighted by Gasteiger charge is -2.32. The minimum Gasteiger partial charge on any atom is -0.340 e. The molecule has 0 spiro atoms. The maximum absolute atomic E-state index is 11.4. The SMILES string of the molecule is O=C(CCl)N1CCC(N2CCCCC2)C1. The quantitative estimate of drug-likeness (QED) is 0.668. The summed E-state index contributed by atoms with van der Waals surface area (Å²) in [4.78, 5) is 15.9. The Balaban J connectivity index is 1.83. The van der Waals surface area contributed by atoms with Crippen LogP contribution in [0, 0.1) is 0 Å². The van der Waals surface area contributed by atoms with Gasteiger partial charge in [0, 0.05) is 19.1 Å². The second kappa shape index (κ2) is 5.17. The number of hydrogen-bond acceptors (Lipinski definition) is 2. The molecule has 2 heterocycles. The highest BCUT2D eigenvalue weighted by Gasteiger charge is 2.30. The summed E-state index contributed by atoms with van der Waals surface area (Å²) in [6.07, 6.45) is 5.13. The largest absolute Gasteiger partial charge is 0.340 e. The predicted octanol–water partition coefficient (Wildman–Crippen LogP) is 1.31. The van der Waals surface area contributed by atoms with Crippen molar-refractivity contribution in [2.24, 2.45) is 0 Å².